The highest BCUT2D eigenvalue weighted by atomic mass is 32.2. The number of nitrogens with zero attached hydrogens (tertiary/aromatic N) is 1. The van der Waals surface area contributed by atoms with E-state index in [1.54, 1.807) is 10.4 Å². The van der Waals surface area contributed by atoms with Crippen molar-refractivity contribution in [1.82, 2.24) is 4.31 Å². The molecule has 0 unspecified atom stereocenters. The molecule has 20 heavy (non-hydrogen) atoms. The van der Waals surface area contributed by atoms with Crippen LogP contribution in [0.15, 0.2) is 23.1 Å². The van der Waals surface area contributed by atoms with Crippen molar-refractivity contribution in [2.75, 3.05) is 6.54 Å². The van der Waals surface area contributed by atoms with E-state index < -0.39 is 10.0 Å². The minimum Gasteiger partial charge on any atom is -0.393 e. The van der Waals surface area contributed by atoms with Crippen LogP contribution in [0.3, 0.4) is 0 Å². The van der Waals surface area contributed by atoms with Crippen LogP contribution in [0.4, 0.5) is 0 Å². The molecule has 5 heteroatoms. The normalized spacial score (nSPS) is 24.8. The molecule has 0 aliphatic carbocycles. The number of benzene rings is 1. The first-order valence-corrected chi connectivity index (χ1v) is 8.57. The van der Waals surface area contributed by atoms with Gasteiger partial charge in [-0.05, 0) is 44.7 Å². The number of rotatable bonds is 3. The van der Waals surface area contributed by atoms with Gasteiger partial charge >= 0.3 is 0 Å². The second-order valence-electron chi connectivity index (χ2n) is 5.62. The Labute approximate surface area is 121 Å². The first-order chi connectivity index (χ1) is 9.36. The first kappa shape index (κ1) is 15.5. The highest BCUT2D eigenvalue weighted by Crippen LogP contribution is 2.29. The lowest BCUT2D eigenvalue weighted by atomic mass is 10.0. The van der Waals surface area contributed by atoms with E-state index in [1.807, 2.05) is 32.9 Å². The Balaban J connectivity index is 2.38. The summed E-state index contributed by atoms with van der Waals surface area (Å²) in [7, 11) is -3.47. The average molecular weight is 297 g/mol. The lowest BCUT2D eigenvalue weighted by Crippen LogP contribution is -2.47. The van der Waals surface area contributed by atoms with Crippen LogP contribution in [0.25, 0.3) is 0 Å². The molecule has 1 aliphatic rings. The van der Waals surface area contributed by atoms with Crippen molar-refractivity contribution >= 4 is 10.0 Å². The summed E-state index contributed by atoms with van der Waals surface area (Å²) in [4.78, 5) is 0.387. The summed E-state index contributed by atoms with van der Waals surface area (Å²) in [6.45, 7) is 6.15. The van der Waals surface area contributed by atoms with Crippen LogP contribution in [0, 0.1) is 13.8 Å². The maximum Gasteiger partial charge on any atom is 0.243 e. The SMILES string of the molecule is CC[C@H]1C[C@@H](O)CCN1S(=O)(=O)c1ccc(C)cc1C. The van der Waals surface area contributed by atoms with Gasteiger partial charge in [0.1, 0.15) is 0 Å². The summed E-state index contributed by atoms with van der Waals surface area (Å²) in [5, 5.41) is 9.73. The Bertz CT molecular complexity index is 583. The van der Waals surface area contributed by atoms with Gasteiger partial charge in [0, 0.05) is 12.6 Å². The van der Waals surface area contributed by atoms with E-state index in [0.717, 1.165) is 17.5 Å². The predicted molar refractivity (Wildman–Crippen MR) is 79.1 cm³/mol. The van der Waals surface area contributed by atoms with Crippen molar-refractivity contribution in [2.24, 2.45) is 0 Å². The van der Waals surface area contributed by atoms with Crippen molar-refractivity contribution in [3.8, 4) is 0 Å². The third-order valence-corrected chi connectivity index (χ3v) is 6.13. The van der Waals surface area contributed by atoms with Crippen molar-refractivity contribution in [3.63, 3.8) is 0 Å². The van der Waals surface area contributed by atoms with Gasteiger partial charge in [0.25, 0.3) is 0 Å². The van der Waals surface area contributed by atoms with E-state index in [9.17, 15) is 13.5 Å². The third kappa shape index (κ3) is 2.90. The maximum atomic E-state index is 12.8. The van der Waals surface area contributed by atoms with Gasteiger partial charge < -0.3 is 5.11 Å². The van der Waals surface area contributed by atoms with Gasteiger partial charge in [-0.1, -0.05) is 24.6 Å². The molecule has 0 spiro atoms. The van der Waals surface area contributed by atoms with Gasteiger partial charge in [-0.25, -0.2) is 8.42 Å². The molecule has 1 fully saturated rings. The monoisotopic (exact) mass is 297 g/mol. The van der Waals surface area contributed by atoms with Gasteiger partial charge in [0.15, 0.2) is 0 Å². The molecule has 0 bridgehead atoms. The highest BCUT2D eigenvalue weighted by Gasteiger charge is 2.35. The number of aliphatic hydroxyl groups is 1. The summed E-state index contributed by atoms with van der Waals surface area (Å²) >= 11 is 0. The zero-order valence-electron chi connectivity index (χ0n) is 12.3. The van der Waals surface area contributed by atoms with Crippen LogP contribution in [0.1, 0.15) is 37.3 Å². The Kier molecular flexibility index (Phi) is 4.52. The quantitative estimate of drug-likeness (QED) is 0.930. The maximum absolute atomic E-state index is 12.8. The Morgan fingerprint density at radius 3 is 2.65 bits per heavy atom. The average Bonchev–Trinajstić information content (AvgIpc) is 2.37. The van der Waals surface area contributed by atoms with E-state index in [0.29, 0.717) is 24.3 Å². The minimum atomic E-state index is -3.47. The Morgan fingerprint density at radius 2 is 2.05 bits per heavy atom. The molecular formula is C15H23NO3S. The van der Waals surface area contributed by atoms with Gasteiger partial charge in [-0.3, -0.25) is 0 Å². The Hall–Kier alpha value is -0.910. The van der Waals surface area contributed by atoms with Crippen LogP contribution in [-0.4, -0.2) is 36.5 Å². The van der Waals surface area contributed by atoms with E-state index >= 15 is 0 Å². The predicted octanol–water partition coefficient (Wildman–Crippen LogP) is 2.23. The molecule has 1 aliphatic heterocycles. The number of piperidine rings is 1. The van der Waals surface area contributed by atoms with Crippen molar-refractivity contribution in [1.29, 1.82) is 0 Å². The lowest BCUT2D eigenvalue weighted by Gasteiger charge is -2.36. The molecule has 2 atom stereocenters. The van der Waals surface area contributed by atoms with Gasteiger partial charge in [-0.15, -0.1) is 0 Å². The van der Waals surface area contributed by atoms with Gasteiger partial charge in [0.2, 0.25) is 10.0 Å². The molecule has 112 valence electrons. The second kappa shape index (κ2) is 5.84. The van der Waals surface area contributed by atoms with E-state index in [-0.39, 0.29) is 12.1 Å². The molecule has 1 aromatic rings. The smallest absolute Gasteiger partial charge is 0.243 e. The van der Waals surface area contributed by atoms with E-state index in [2.05, 4.69) is 0 Å². The number of sulfonamides is 1. The molecule has 0 radical (unpaired) electrons. The standard InChI is InChI=1S/C15H23NO3S/c1-4-13-10-14(17)7-8-16(13)20(18,19)15-6-5-11(2)9-12(15)3/h5-6,9,13-14,17H,4,7-8,10H2,1-3H3/t13-,14-/m0/s1. The fourth-order valence-electron chi connectivity index (χ4n) is 2.91. The first-order valence-electron chi connectivity index (χ1n) is 7.13. The summed E-state index contributed by atoms with van der Waals surface area (Å²) in [5.74, 6) is 0. The minimum absolute atomic E-state index is 0.107. The molecule has 1 aromatic carbocycles. The second-order valence-corrected chi connectivity index (χ2v) is 7.48. The largest absolute Gasteiger partial charge is 0.393 e. The fraction of sp³-hybridized carbons (Fsp3) is 0.600. The van der Waals surface area contributed by atoms with E-state index in [4.69, 9.17) is 0 Å². The summed E-state index contributed by atoms with van der Waals surface area (Å²) in [5.41, 5.74) is 1.84. The van der Waals surface area contributed by atoms with Crippen LogP contribution in [0.2, 0.25) is 0 Å². The van der Waals surface area contributed by atoms with Crippen LogP contribution >= 0.6 is 0 Å². The zero-order chi connectivity index (χ0) is 14.9. The van der Waals surface area contributed by atoms with E-state index in [1.165, 1.54) is 0 Å². The number of hydrogen-bond donors (Lipinski definition) is 1. The van der Waals surface area contributed by atoms with Crippen molar-refractivity contribution in [2.45, 2.75) is 57.1 Å². The molecule has 0 amide bonds. The van der Waals surface area contributed by atoms with Gasteiger partial charge in [-0.2, -0.15) is 4.31 Å². The molecule has 2 rings (SSSR count). The van der Waals surface area contributed by atoms with Crippen molar-refractivity contribution in [3.05, 3.63) is 29.3 Å². The molecule has 4 nitrogen and oxygen atoms in total. The van der Waals surface area contributed by atoms with Crippen LogP contribution in [-0.2, 0) is 10.0 Å². The zero-order valence-corrected chi connectivity index (χ0v) is 13.2. The van der Waals surface area contributed by atoms with Gasteiger partial charge in [0.05, 0.1) is 11.0 Å². The molecule has 1 heterocycles. The topological polar surface area (TPSA) is 57.6 Å². The fourth-order valence-corrected chi connectivity index (χ4v) is 4.84. The molecule has 0 saturated carbocycles. The van der Waals surface area contributed by atoms with Crippen LogP contribution in [0.5, 0.6) is 0 Å². The lowest BCUT2D eigenvalue weighted by molar-refractivity contribution is 0.0797. The number of aliphatic hydroxyl groups excluding tert-OH is 1. The van der Waals surface area contributed by atoms with Crippen LogP contribution < -0.4 is 0 Å². The molecule has 1 N–H and O–H groups in total. The molecule has 0 aromatic heterocycles. The highest BCUT2D eigenvalue weighted by molar-refractivity contribution is 7.89. The molecule has 1 saturated heterocycles. The summed E-state index contributed by atoms with van der Waals surface area (Å²) < 4.78 is 27.2. The Morgan fingerprint density at radius 1 is 1.35 bits per heavy atom. The third-order valence-electron chi connectivity index (χ3n) is 4.02. The molecular weight excluding hydrogens is 274 g/mol. The summed E-state index contributed by atoms with van der Waals surface area (Å²) in [6, 6.07) is 5.31. The number of aryl methyl sites for hydroxylation is 2. The summed E-state index contributed by atoms with van der Waals surface area (Å²) in [6.07, 6.45) is 1.38. The van der Waals surface area contributed by atoms with Crippen molar-refractivity contribution < 1.29 is 13.5 Å². The number of hydrogen-bond acceptors (Lipinski definition) is 3.